The number of carboxylic acids is 1. The van der Waals surface area contributed by atoms with Crippen LogP contribution in [0.2, 0.25) is 0 Å². The Hall–Kier alpha value is -2.29. The van der Waals surface area contributed by atoms with Crippen LogP contribution in [0.25, 0.3) is 10.6 Å². The lowest BCUT2D eigenvalue weighted by atomic mass is 10.1. The monoisotopic (exact) mass is 377 g/mol. The number of aliphatic hydroxyl groups is 1. The van der Waals surface area contributed by atoms with Gasteiger partial charge in [-0.25, -0.2) is 4.98 Å². The highest BCUT2D eigenvalue weighted by atomic mass is 32.1. The number of hydrogen-bond acceptors (Lipinski definition) is 6. The first-order chi connectivity index (χ1) is 12.3. The number of amides is 1. The van der Waals surface area contributed by atoms with Gasteiger partial charge in [-0.15, -0.1) is 11.3 Å². The predicted octanol–water partition coefficient (Wildman–Crippen LogP) is 1.55. The van der Waals surface area contributed by atoms with Gasteiger partial charge in [0.15, 0.2) is 0 Å². The molecule has 26 heavy (non-hydrogen) atoms. The fraction of sp³-hybridized carbons (Fsp3) is 0.389. The second kappa shape index (κ2) is 9.42. The summed E-state index contributed by atoms with van der Waals surface area (Å²) in [6.07, 6.45) is 0.0607. The Morgan fingerprint density at radius 3 is 2.50 bits per heavy atom. The third-order valence-electron chi connectivity index (χ3n) is 3.71. The first-order valence-electron chi connectivity index (χ1n) is 8.25. The van der Waals surface area contributed by atoms with Crippen molar-refractivity contribution >= 4 is 23.2 Å². The van der Waals surface area contributed by atoms with E-state index in [9.17, 15) is 9.90 Å². The van der Waals surface area contributed by atoms with Gasteiger partial charge in [0.2, 0.25) is 5.91 Å². The van der Waals surface area contributed by atoms with Crippen LogP contribution in [-0.4, -0.2) is 45.8 Å². The zero-order valence-corrected chi connectivity index (χ0v) is 15.5. The van der Waals surface area contributed by atoms with Gasteiger partial charge in [0.25, 0.3) is 5.97 Å². The maximum atomic E-state index is 12.0. The van der Waals surface area contributed by atoms with Crippen molar-refractivity contribution in [1.29, 1.82) is 0 Å². The molecule has 2 heterocycles. The molecule has 140 valence electrons. The molecule has 2 atom stereocenters. The number of β-amino-alcohol motifs (C(OH)–C–C–N with tert-alkyl or cyclic N) is 1. The summed E-state index contributed by atoms with van der Waals surface area (Å²) in [5.41, 5.74) is 3.17. The molecular formula is C18H23N3O4S. The normalized spacial score (nSPS) is 18.7. The largest absolute Gasteiger partial charge is 0.481 e. The van der Waals surface area contributed by atoms with E-state index in [-0.39, 0.29) is 11.9 Å². The topological polar surface area (TPSA) is 112 Å². The van der Waals surface area contributed by atoms with E-state index in [1.54, 1.807) is 11.3 Å². The Morgan fingerprint density at radius 1 is 1.35 bits per heavy atom. The summed E-state index contributed by atoms with van der Waals surface area (Å²) in [7, 11) is 0. The van der Waals surface area contributed by atoms with Gasteiger partial charge in [0, 0.05) is 36.7 Å². The lowest BCUT2D eigenvalue weighted by Gasteiger charge is -2.11. The van der Waals surface area contributed by atoms with Gasteiger partial charge in [-0.1, -0.05) is 24.3 Å². The number of carbonyl (C=O) groups excluding carboxylic acids is 1. The molecule has 0 radical (unpaired) electrons. The summed E-state index contributed by atoms with van der Waals surface area (Å²) >= 11 is 1.63. The molecule has 1 aliphatic heterocycles. The van der Waals surface area contributed by atoms with Crippen molar-refractivity contribution in [2.75, 3.05) is 6.54 Å². The molecule has 4 N–H and O–H groups in total. The van der Waals surface area contributed by atoms with Crippen molar-refractivity contribution in [3.8, 4) is 10.6 Å². The number of carbonyl (C=O) groups is 2. The summed E-state index contributed by atoms with van der Waals surface area (Å²) in [6.45, 7) is 4.04. The number of nitrogens with one attached hydrogen (secondary N) is 2. The number of hydrogen-bond donors (Lipinski definition) is 4. The minimum Gasteiger partial charge on any atom is -0.481 e. The van der Waals surface area contributed by atoms with E-state index in [0.29, 0.717) is 19.5 Å². The molecule has 2 aromatic rings. The highest BCUT2D eigenvalue weighted by Crippen LogP contribution is 2.23. The zero-order valence-electron chi connectivity index (χ0n) is 14.7. The van der Waals surface area contributed by atoms with Crippen LogP contribution in [0.5, 0.6) is 0 Å². The first kappa shape index (κ1) is 20.0. The Kier molecular flexibility index (Phi) is 7.26. The van der Waals surface area contributed by atoms with Gasteiger partial charge >= 0.3 is 0 Å². The number of carboxylic acid groups (broad SMARTS) is 1. The third-order valence-corrected chi connectivity index (χ3v) is 4.72. The van der Waals surface area contributed by atoms with E-state index in [0.717, 1.165) is 28.8 Å². The van der Waals surface area contributed by atoms with Crippen LogP contribution < -0.4 is 10.6 Å². The van der Waals surface area contributed by atoms with Crippen molar-refractivity contribution in [3.05, 3.63) is 40.9 Å². The summed E-state index contributed by atoms with van der Waals surface area (Å²) in [6, 6.07) is 7.77. The van der Waals surface area contributed by atoms with Crippen molar-refractivity contribution in [2.24, 2.45) is 0 Å². The molecule has 0 spiro atoms. The highest BCUT2D eigenvalue weighted by molar-refractivity contribution is 7.13. The van der Waals surface area contributed by atoms with E-state index in [4.69, 9.17) is 9.90 Å². The molecule has 1 aromatic carbocycles. The van der Waals surface area contributed by atoms with Crippen LogP contribution in [0.3, 0.4) is 0 Å². The van der Waals surface area contributed by atoms with E-state index in [1.807, 2.05) is 36.6 Å². The summed E-state index contributed by atoms with van der Waals surface area (Å²) < 4.78 is 0. The minimum absolute atomic E-state index is 0.0591. The van der Waals surface area contributed by atoms with Crippen LogP contribution in [0.15, 0.2) is 29.6 Å². The van der Waals surface area contributed by atoms with Crippen molar-refractivity contribution in [1.82, 2.24) is 15.6 Å². The molecular weight excluding hydrogens is 354 g/mol. The Bertz CT molecular complexity index is 741. The molecule has 1 saturated heterocycles. The van der Waals surface area contributed by atoms with E-state index >= 15 is 0 Å². The van der Waals surface area contributed by atoms with Crippen LogP contribution >= 0.6 is 11.3 Å². The average molecular weight is 377 g/mol. The predicted molar refractivity (Wildman–Crippen MR) is 99.9 cm³/mol. The van der Waals surface area contributed by atoms with Gasteiger partial charge in [-0.2, -0.15) is 0 Å². The van der Waals surface area contributed by atoms with Crippen LogP contribution in [0.4, 0.5) is 0 Å². The Morgan fingerprint density at radius 2 is 2.00 bits per heavy atom. The number of aliphatic carboxylic acids is 1. The fourth-order valence-corrected chi connectivity index (χ4v) is 3.28. The number of benzene rings is 1. The smallest absolute Gasteiger partial charge is 0.300 e. The number of rotatable bonds is 4. The van der Waals surface area contributed by atoms with E-state index in [2.05, 4.69) is 15.6 Å². The molecule has 3 rings (SSSR count). The maximum Gasteiger partial charge on any atom is 0.300 e. The fourth-order valence-electron chi connectivity index (χ4n) is 2.48. The maximum absolute atomic E-state index is 12.0. The lowest BCUT2D eigenvalue weighted by Crippen LogP contribution is -2.39. The Balaban J connectivity index is 0.000000552. The standard InChI is InChI=1S/C16H19N3O2S.C2H4O2/c1-10-9-22-16(19-10)12-4-2-11(3-5-12)7-18-15(21)14-6-13(20)8-17-14;1-2(3)4/h2-5,9,13-14,17,20H,6-8H2,1H3,(H,18,21);1H3,(H,3,4). The molecule has 1 amide bonds. The van der Waals surface area contributed by atoms with Gasteiger partial charge in [-0.3, -0.25) is 9.59 Å². The minimum atomic E-state index is -0.833. The van der Waals surface area contributed by atoms with Gasteiger partial charge in [-0.05, 0) is 18.9 Å². The number of thiazole rings is 1. The summed E-state index contributed by atoms with van der Waals surface area (Å²) in [4.78, 5) is 25.4. The van der Waals surface area contributed by atoms with Crippen molar-refractivity contribution in [2.45, 2.75) is 39.0 Å². The lowest BCUT2D eigenvalue weighted by molar-refractivity contribution is -0.134. The quantitative estimate of drug-likeness (QED) is 0.643. The second-order valence-electron chi connectivity index (χ2n) is 6.08. The molecule has 1 aliphatic rings. The summed E-state index contributed by atoms with van der Waals surface area (Å²) in [5.74, 6) is -0.892. The molecule has 0 bridgehead atoms. The molecule has 2 unspecified atom stereocenters. The molecule has 1 aromatic heterocycles. The van der Waals surface area contributed by atoms with Gasteiger partial charge in [0.05, 0.1) is 12.1 Å². The second-order valence-corrected chi connectivity index (χ2v) is 6.94. The molecule has 1 fully saturated rings. The molecule has 0 aliphatic carbocycles. The first-order valence-corrected chi connectivity index (χ1v) is 9.13. The molecule has 8 heteroatoms. The van der Waals surface area contributed by atoms with E-state index < -0.39 is 12.1 Å². The SMILES string of the molecule is CC(=O)O.Cc1csc(-c2ccc(CNC(=O)C3CC(O)CN3)cc2)n1. The van der Waals surface area contributed by atoms with Crippen molar-refractivity contribution in [3.63, 3.8) is 0 Å². The molecule has 7 nitrogen and oxygen atoms in total. The number of aliphatic hydroxyl groups excluding tert-OH is 1. The van der Waals surface area contributed by atoms with Crippen LogP contribution in [-0.2, 0) is 16.1 Å². The van der Waals surface area contributed by atoms with Gasteiger partial charge < -0.3 is 20.8 Å². The van der Waals surface area contributed by atoms with Gasteiger partial charge in [0.1, 0.15) is 5.01 Å². The summed E-state index contributed by atoms with van der Waals surface area (Å²) in [5, 5.41) is 25.8. The van der Waals surface area contributed by atoms with Crippen LogP contribution in [0.1, 0.15) is 24.6 Å². The van der Waals surface area contributed by atoms with E-state index in [1.165, 1.54) is 0 Å². The number of aryl methyl sites for hydroxylation is 1. The van der Waals surface area contributed by atoms with Crippen LogP contribution in [0, 0.1) is 6.92 Å². The number of nitrogens with zero attached hydrogens (tertiary/aromatic N) is 1. The third kappa shape index (κ3) is 6.21. The zero-order chi connectivity index (χ0) is 19.1. The Labute approximate surface area is 156 Å². The molecule has 0 saturated carbocycles. The number of aromatic nitrogens is 1. The highest BCUT2D eigenvalue weighted by Gasteiger charge is 2.27. The van der Waals surface area contributed by atoms with Crippen molar-refractivity contribution < 1.29 is 19.8 Å². The average Bonchev–Trinajstić information content (AvgIpc) is 3.21.